The van der Waals surface area contributed by atoms with Crippen molar-refractivity contribution in [2.24, 2.45) is 10.4 Å². The Morgan fingerprint density at radius 2 is 2.04 bits per heavy atom. The summed E-state index contributed by atoms with van der Waals surface area (Å²) < 4.78 is 2.07. The summed E-state index contributed by atoms with van der Waals surface area (Å²) in [7, 11) is 1.82. The van der Waals surface area contributed by atoms with Gasteiger partial charge in [-0.2, -0.15) is 0 Å². The number of imidazole rings is 1. The Labute approximate surface area is 158 Å². The molecule has 0 aliphatic heterocycles. The van der Waals surface area contributed by atoms with Crippen LogP contribution in [0.15, 0.2) is 48.0 Å². The van der Waals surface area contributed by atoms with E-state index in [0.717, 1.165) is 25.5 Å². The Morgan fingerprint density at radius 1 is 1.27 bits per heavy atom. The summed E-state index contributed by atoms with van der Waals surface area (Å²) in [6, 6.07) is 9.01. The average molecular weight is 356 g/mol. The van der Waals surface area contributed by atoms with E-state index in [4.69, 9.17) is 0 Å². The van der Waals surface area contributed by atoms with Crippen LogP contribution in [0.4, 0.5) is 0 Å². The lowest BCUT2D eigenvalue weighted by Gasteiger charge is -2.23. The summed E-state index contributed by atoms with van der Waals surface area (Å²) in [5.74, 6) is 0.853. The monoisotopic (exact) mass is 355 g/mol. The summed E-state index contributed by atoms with van der Waals surface area (Å²) in [4.78, 5) is 8.45. The molecule has 1 heterocycles. The van der Waals surface area contributed by atoms with Crippen LogP contribution in [0.25, 0.3) is 0 Å². The van der Waals surface area contributed by atoms with Gasteiger partial charge in [-0.3, -0.25) is 4.99 Å². The molecule has 1 aromatic carbocycles. The van der Waals surface area contributed by atoms with Crippen LogP contribution in [0.3, 0.4) is 0 Å². The lowest BCUT2D eigenvalue weighted by Crippen LogP contribution is -2.42. The Balaban J connectivity index is 1.84. The van der Waals surface area contributed by atoms with Crippen LogP contribution in [0, 0.1) is 5.41 Å². The fourth-order valence-corrected chi connectivity index (χ4v) is 2.76. The number of hydrogen-bond donors (Lipinski definition) is 2. The number of guanidine groups is 1. The number of rotatable bonds is 7. The fraction of sp³-hybridized carbons (Fsp3) is 0.524. The van der Waals surface area contributed by atoms with Crippen LogP contribution in [0.2, 0.25) is 0 Å². The Kier molecular flexibility index (Phi) is 7.25. The van der Waals surface area contributed by atoms with Crippen molar-refractivity contribution < 1.29 is 0 Å². The molecule has 1 unspecified atom stereocenters. The van der Waals surface area contributed by atoms with Crippen LogP contribution in [0.1, 0.15) is 51.7 Å². The van der Waals surface area contributed by atoms with E-state index in [-0.39, 0.29) is 0 Å². The number of hydrogen-bond acceptors (Lipinski definition) is 2. The van der Waals surface area contributed by atoms with E-state index in [1.807, 2.05) is 25.8 Å². The average Bonchev–Trinajstić information content (AvgIpc) is 3.09. The van der Waals surface area contributed by atoms with E-state index >= 15 is 0 Å². The van der Waals surface area contributed by atoms with Gasteiger partial charge in [-0.05, 0) is 36.3 Å². The third-order valence-corrected chi connectivity index (χ3v) is 4.31. The van der Waals surface area contributed by atoms with Gasteiger partial charge >= 0.3 is 0 Å². The summed E-state index contributed by atoms with van der Waals surface area (Å²) in [6.07, 6.45) is 7.95. The number of nitrogens with zero attached hydrogens (tertiary/aromatic N) is 3. The molecule has 2 N–H and O–H groups in total. The lowest BCUT2D eigenvalue weighted by atomic mass is 9.89. The van der Waals surface area contributed by atoms with E-state index in [1.165, 1.54) is 17.5 Å². The quantitative estimate of drug-likeness (QED) is 0.586. The molecule has 0 radical (unpaired) electrons. The van der Waals surface area contributed by atoms with Gasteiger partial charge in [0.25, 0.3) is 0 Å². The van der Waals surface area contributed by atoms with Gasteiger partial charge in [-0.15, -0.1) is 0 Å². The van der Waals surface area contributed by atoms with Gasteiger partial charge in [0.2, 0.25) is 0 Å². The van der Waals surface area contributed by atoms with Crippen molar-refractivity contribution in [2.45, 2.75) is 59.7 Å². The van der Waals surface area contributed by atoms with Crippen molar-refractivity contribution in [2.75, 3.05) is 7.05 Å². The molecule has 26 heavy (non-hydrogen) atoms. The largest absolute Gasteiger partial charge is 0.354 e. The smallest absolute Gasteiger partial charge is 0.191 e. The minimum Gasteiger partial charge on any atom is -0.354 e. The normalized spacial score (nSPS) is 13.5. The van der Waals surface area contributed by atoms with Gasteiger partial charge in [0.15, 0.2) is 5.96 Å². The highest BCUT2D eigenvalue weighted by Gasteiger charge is 2.13. The first-order valence-corrected chi connectivity index (χ1v) is 9.36. The van der Waals surface area contributed by atoms with Crippen molar-refractivity contribution in [3.05, 3.63) is 54.1 Å². The Bertz CT molecular complexity index is 683. The van der Waals surface area contributed by atoms with Gasteiger partial charge in [-0.25, -0.2) is 4.98 Å². The maximum atomic E-state index is 4.35. The maximum Gasteiger partial charge on any atom is 0.191 e. The molecule has 0 fully saturated rings. The number of benzene rings is 1. The van der Waals surface area contributed by atoms with Gasteiger partial charge in [0, 0.05) is 38.6 Å². The highest BCUT2D eigenvalue weighted by molar-refractivity contribution is 5.79. The van der Waals surface area contributed by atoms with E-state index in [2.05, 4.69) is 77.1 Å². The third-order valence-electron chi connectivity index (χ3n) is 4.31. The fourth-order valence-electron chi connectivity index (χ4n) is 2.76. The van der Waals surface area contributed by atoms with Gasteiger partial charge < -0.3 is 15.2 Å². The molecule has 0 aliphatic rings. The second-order valence-electron chi connectivity index (χ2n) is 8.13. The minimum atomic E-state index is 0.364. The highest BCUT2D eigenvalue weighted by Crippen LogP contribution is 2.21. The molecule has 5 heteroatoms. The minimum absolute atomic E-state index is 0.364. The molecule has 0 spiro atoms. The number of nitrogens with one attached hydrogen (secondary N) is 2. The van der Waals surface area contributed by atoms with Crippen LogP contribution >= 0.6 is 0 Å². The molecule has 0 aliphatic carbocycles. The molecule has 142 valence electrons. The summed E-state index contributed by atoms with van der Waals surface area (Å²) in [6.45, 7) is 10.6. The van der Waals surface area contributed by atoms with Crippen molar-refractivity contribution in [1.29, 1.82) is 0 Å². The Morgan fingerprint density at radius 3 is 2.69 bits per heavy atom. The molecule has 0 bridgehead atoms. The van der Waals surface area contributed by atoms with Crippen LogP contribution in [-0.2, 0) is 13.1 Å². The first-order chi connectivity index (χ1) is 12.4. The first kappa shape index (κ1) is 20.0. The predicted molar refractivity (Wildman–Crippen MR) is 109 cm³/mol. The molecular formula is C21H33N5. The topological polar surface area (TPSA) is 54.2 Å². The van der Waals surface area contributed by atoms with Crippen LogP contribution in [0.5, 0.6) is 0 Å². The zero-order valence-electron chi connectivity index (χ0n) is 16.8. The van der Waals surface area contributed by atoms with Crippen molar-refractivity contribution in [1.82, 2.24) is 20.2 Å². The molecule has 0 saturated carbocycles. The maximum absolute atomic E-state index is 4.35. The standard InChI is InChI=1S/C21H33N5/c1-17(9-10-21(2,3)4)25-20(22-5)24-14-18-7-6-8-19(13-18)15-26-12-11-23-16-26/h6-8,11-13,16-17H,9-10,14-15H2,1-5H3,(H2,22,24,25). The van der Waals surface area contributed by atoms with E-state index < -0.39 is 0 Å². The van der Waals surface area contributed by atoms with E-state index in [0.29, 0.717) is 11.5 Å². The molecule has 0 saturated heterocycles. The third kappa shape index (κ3) is 7.30. The first-order valence-electron chi connectivity index (χ1n) is 9.36. The van der Waals surface area contributed by atoms with Gasteiger partial charge in [0.05, 0.1) is 6.33 Å². The molecule has 2 rings (SSSR count). The second kappa shape index (κ2) is 9.41. The SMILES string of the molecule is CN=C(NCc1cccc(Cn2ccnc2)c1)NC(C)CCC(C)(C)C. The number of aromatic nitrogens is 2. The van der Waals surface area contributed by atoms with Gasteiger partial charge in [0.1, 0.15) is 0 Å². The molecule has 0 amide bonds. The highest BCUT2D eigenvalue weighted by atomic mass is 15.2. The van der Waals surface area contributed by atoms with Crippen molar-refractivity contribution in [3.8, 4) is 0 Å². The van der Waals surface area contributed by atoms with E-state index in [9.17, 15) is 0 Å². The zero-order chi connectivity index (χ0) is 19.0. The zero-order valence-corrected chi connectivity index (χ0v) is 16.8. The van der Waals surface area contributed by atoms with Crippen molar-refractivity contribution >= 4 is 5.96 Å². The van der Waals surface area contributed by atoms with Crippen molar-refractivity contribution in [3.63, 3.8) is 0 Å². The summed E-state index contributed by atoms with van der Waals surface area (Å²) >= 11 is 0. The summed E-state index contributed by atoms with van der Waals surface area (Å²) in [5.41, 5.74) is 2.87. The molecule has 1 aromatic heterocycles. The summed E-state index contributed by atoms with van der Waals surface area (Å²) in [5, 5.41) is 6.91. The lowest BCUT2D eigenvalue weighted by molar-refractivity contribution is 0.346. The van der Waals surface area contributed by atoms with Crippen LogP contribution < -0.4 is 10.6 Å². The molecular weight excluding hydrogens is 322 g/mol. The molecule has 2 aromatic rings. The second-order valence-corrected chi connectivity index (χ2v) is 8.13. The van der Waals surface area contributed by atoms with Gasteiger partial charge in [-0.1, -0.05) is 45.0 Å². The molecule has 5 nitrogen and oxygen atoms in total. The Hall–Kier alpha value is -2.30. The predicted octanol–water partition coefficient (Wildman–Crippen LogP) is 3.81. The number of aliphatic imine (C=N–C) groups is 1. The molecule has 1 atom stereocenters. The van der Waals surface area contributed by atoms with Crippen LogP contribution in [-0.4, -0.2) is 28.6 Å². The van der Waals surface area contributed by atoms with E-state index in [1.54, 1.807) is 0 Å².